The minimum absolute atomic E-state index is 0.186. The van der Waals surface area contributed by atoms with Gasteiger partial charge in [0.25, 0.3) is 0 Å². The van der Waals surface area contributed by atoms with Gasteiger partial charge >= 0.3 is 5.97 Å². The highest BCUT2D eigenvalue weighted by molar-refractivity contribution is 5.81. The highest BCUT2D eigenvalue weighted by Crippen LogP contribution is 2.27. The van der Waals surface area contributed by atoms with Gasteiger partial charge in [-0.2, -0.15) is 0 Å². The van der Waals surface area contributed by atoms with Crippen LogP contribution >= 0.6 is 0 Å². The van der Waals surface area contributed by atoms with Crippen LogP contribution in [0.15, 0.2) is 30.9 Å². The summed E-state index contributed by atoms with van der Waals surface area (Å²) in [5, 5.41) is 0. The molecule has 0 N–H and O–H groups in total. The highest BCUT2D eigenvalue weighted by Gasteiger charge is 2.05. The summed E-state index contributed by atoms with van der Waals surface area (Å²) in [5.41, 5.74) is 0.827. The number of methoxy groups -OCH3 is 2. The van der Waals surface area contributed by atoms with E-state index in [0.29, 0.717) is 11.5 Å². The Kier molecular flexibility index (Phi) is 4.39. The van der Waals surface area contributed by atoms with Gasteiger partial charge in [0.15, 0.2) is 11.5 Å². The third kappa shape index (κ3) is 3.02. The standard InChI is InChI=1S/C12H14O4/c1-4-12(13)16-8-9-5-6-10(14-2)11(7-9)15-3/h4-7H,1,8H2,2-3H3. The Balaban J connectivity index is 2.75. The first-order valence-corrected chi connectivity index (χ1v) is 4.71. The Labute approximate surface area is 94.4 Å². The molecule has 0 heterocycles. The molecule has 0 bridgehead atoms. The van der Waals surface area contributed by atoms with Gasteiger partial charge < -0.3 is 14.2 Å². The molecule has 1 aromatic rings. The van der Waals surface area contributed by atoms with Crippen LogP contribution in [0.5, 0.6) is 11.5 Å². The zero-order valence-corrected chi connectivity index (χ0v) is 9.36. The van der Waals surface area contributed by atoms with Crippen molar-refractivity contribution in [2.75, 3.05) is 14.2 Å². The van der Waals surface area contributed by atoms with Gasteiger partial charge in [-0.25, -0.2) is 4.79 Å². The van der Waals surface area contributed by atoms with Gasteiger partial charge in [0, 0.05) is 6.08 Å². The lowest BCUT2D eigenvalue weighted by Gasteiger charge is -2.09. The lowest BCUT2D eigenvalue weighted by molar-refractivity contribution is -0.138. The molecule has 1 rings (SSSR count). The summed E-state index contributed by atoms with van der Waals surface area (Å²) in [7, 11) is 3.12. The quantitative estimate of drug-likeness (QED) is 0.564. The summed E-state index contributed by atoms with van der Waals surface area (Å²) >= 11 is 0. The van der Waals surface area contributed by atoms with Crippen LogP contribution in [0.1, 0.15) is 5.56 Å². The van der Waals surface area contributed by atoms with Gasteiger partial charge in [-0.3, -0.25) is 0 Å². The van der Waals surface area contributed by atoms with Crippen molar-refractivity contribution in [1.29, 1.82) is 0 Å². The van der Waals surface area contributed by atoms with Crippen molar-refractivity contribution in [2.45, 2.75) is 6.61 Å². The van der Waals surface area contributed by atoms with E-state index in [1.165, 1.54) is 0 Å². The van der Waals surface area contributed by atoms with Gasteiger partial charge in [0.1, 0.15) is 6.61 Å². The molecule has 0 unspecified atom stereocenters. The topological polar surface area (TPSA) is 44.8 Å². The molecule has 1 aromatic carbocycles. The van der Waals surface area contributed by atoms with Crippen molar-refractivity contribution in [3.63, 3.8) is 0 Å². The molecule has 0 aliphatic rings. The molecule has 0 aliphatic heterocycles. The van der Waals surface area contributed by atoms with E-state index in [1.807, 2.05) is 0 Å². The minimum Gasteiger partial charge on any atom is -0.493 e. The monoisotopic (exact) mass is 222 g/mol. The summed E-state index contributed by atoms with van der Waals surface area (Å²) in [6, 6.07) is 5.32. The van der Waals surface area contributed by atoms with Gasteiger partial charge in [-0.05, 0) is 17.7 Å². The Morgan fingerprint density at radius 2 is 2.00 bits per heavy atom. The summed E-state index contributed by atoms with van der Waals surface area (Å²) < 4.78 is 15.1. The van der Waals surface area contributed by atoms with Crippen molar-refractivity contribution >= 4 is 5.97 Å². The number of carbonyl (C=O) groups is 1. The van der Waals surface area contributed by atoms with Crippen molar-refractivity contribution < 1.29 is 19.0 Å². The van der Waals surface area contributed by atoms with Crippen molar-refractivity contribution in [3.05, 3.63) is 36.4 Å². The van der Waals surface area contributed by atoms with Crippen LogP contribution in [-0.2, 0) is 16.1 Å². The van der Waals surface area contributed by atoms with Crippen LogP contribution in [-0.4, -0.2) is 20.2 Å². The van der Waals surface area contributed by atoms with Gasteiger partial charge in [-0.1, -0.05) is 12.6 Å². The van der Waals surface area contributed by atoms with Crippen molar-refractivity contribution in [2.24, 2.45) is 0 Å². The van der Waals surface area contributed by atoms with E-state index >= 15 is 0 Å². The smallest absolute Gasteiger partial charge is 0.330 e. The van der Waals surface area contributed by atoms with Crippen LogP contribution in [0.3, 0.4) is 0 Å². The number of rotatable bonds is 5. The second-order valence-corrected chi connectivity index (χ2v) is 3.00. The summed E-state index contributed by atoms with van der Waals surface area (Å²) in [6.07, 6.45) is 1.13. The number of hydrogen-bond acceptors (Lipinski definition) is 4. The van der Waals surface area contributed by atoms with Crippen LogP contribution in [0, 0.1) is 0 Å². The Morgan fingerprint density at radius 3 is 2.56 bits per heavy atom. The zero-order chi connectivity index (χ0) is 12.0. The first kappa shape index (κ1) is 12.1. The van der Waals surface area contributed by atoms with E-state index in [-0.39, 0.29) is 6.61 Å². The number of esters is 1. The van der Waals surface area contributed by atoms with Gasteiger partial charge in [0.05, 0.1) is 14.2 Å². The van der Waals surface area contributed by atoms with Gasteiger partial charge in [-0.15, -0.1) is 0 Å². The maximum atomic E-state index is 10.9. The molecule has 0 aromatic heterocycles. The lowest BCUT2D eigenvalue weighted by atomic mass is 10.2. The van der Waals surface area contributed by atoms with E-state index in [1.54, 1.807) is 32.4 Å². The van der Waals surface area contributed by atoms with Crippen molar-refractivity contribution in [1.82, 2.24) is 0 Å². The zero-order valence-electron chi connectivity index (χ0n) is 9.36. The molecule has 0 saturated carbocycles. The number of ether oxygens (including phenoxy) is 3. The third-order valence-electron chi connectivity index (χ3n) is 2.00. The Bertz CT molecular complexity index is 385. The predicted octanol–water partition coefficient (Wildman–Crippen LogP) is 1.93. The summed E-state index contributed by atoms with van der Waals surface area (Å²) in [6.45, 7) is 3.50. The average Bonchev–Trinajstić information content (AvgIpc) is 2.35. The highest BCUT2D eigenvalue weighted by atomic mass is 16.5. The molecule has 0 amide bonds. The molecule has 0 saturated heterocycles. The largest absolute Gasteiger partial charge is 0.493 e. The van der Waals surface area contributed by atoms with Crippen LogP contribution < -0.4 is 9.47 Å². The summed E-state index contributed by atoms with van der Waals surface area (Å²) in [5.74, 6) is 0.797. The van der Waals surface area contributed by atoms with Crippen LogP contribution in [0.25, 0.3) is 0 Å². The molecule has 0 aliphatic carbocycles. The lowest BCUT2D eigenvalue weighted by Crippen LogP contribution is -2.00. The molecule has 86 valence electrons. The van der Waals surface area contributed by atoms with Crippen LogP contribution in [0.4, 0.5) is 0 Å². The molecule has 0 radical (unpaired) electrons. The molecule has 0 spiro atoms. The fourth-order valence-corrected chi connectivity index (χ4v) is 1.18. The molecule has 0 fully saturated rings. The number of hydrogen-bond donors (Lipinski definition) is 0. The maximum absolute atomic E-state index is 10.9. The van der Waals surface area contributed by atoms with E-state index < -0.39 is 5.97 Å². The molecular weight excluding hydrogens is 208 g/mol. The Morgan fingerprint density at radius 1 is 1.31 bits per heavy atom. The molecule has 16 heavy (non-hydrogen) atoms. The first-order valence-electron chi connectivity index (χ1n) is 4.71. The SMILES string of the molecule is C=CC(=O)OCc1ccc(OC)c(OC)c1. The first-order chi connectivity index (χ1) is 7.71. The van der Waals surface area contributed by atoms with E-state index in [4.69, 9.17) is 14.2 Å². The molecule has 0 atom stereocenters. The fourth-order valence-electron chi connectivity index (χ4n) is 1.18. The molecule has 4 nitrogen and oxygen atoms in total. The second kappa shape index (κ2) is 5.80. The van der Waals surface area contributed by atoms with E-state index in [9.17, 15) is 4.79 Å². The van der Waals surface area contributed by atoms with Crippen molar-refractivity contribution in [3.8, 4) is 11.5 Å². The molecular formula is C12H14O4. The second-order valence-electron chi connectivity index (χ2n) is 3.00. The minimum atomic E-state index is -0.449. The fraction of sp³-hybridized carbons (Fsp3) is 0.250. The number of benzene rings is 1. The van der Waals surface area contributed by atoms with E-state index in [0.717, 1.165) is 11.6 Å². The predicted molar refractivity (Wildman–Crippen MR) is 59.5 cm³/mol. The average molecular weight is 222 g/mol. The Hall–Kier alpha value is -1.97. The number of carbonyl (C=O) groups excluding carboxylic acids is 1. The normalized spacial score (nSPS) is 9.38. The maximum Gasteiger partial charge on any atom is 0.330 e. The van der Waals surface area contributed by atoms with Crippen LogP contribution in [0.2, 0.25) is 0 Å². The van der Waals surface area contributed by atoms with Gasteiger partial charge in [0.2, 0.25) is 0 Å². The van der Waals surface area contributed by atoms with E-state index in [2.05, 4.69) is 6.58 Å². The summed E-state index contributed by atoms with van der Waals surface area (Å²) in [4.78, 5) is 10.9. The third-order valence-corrected chi connectivity index (χ3v) is 2.00. The molecule has 4 heteroatoms.